The zero-order valence-corrected chi connectivity index (χ0v) is 20.8. The van der Waals surface area contributed by atoms with Gasteiger partial charge in [0.25, 0.3) is 0 Å². The second kappa shape index (κ2) is 12.0. The van der Waals surface area contributed by atoms with Crippen LogP contribution in [-0.4, -0.2) is 51.5 Å². The van der Waals surface area contributed by atoms with Crippen molar-refractivity contribution < 1.29 is 22.8 Å². The highest BCUT2D eigenvalue weighted by Gasteiger charge is 2.45. The summed E-state index contributed by atoms with van der Waals surface area (Å²) in [6.45, 7) is 6.29. The number of nitrogens with two attached hydrogens (primary N) is 1. The van der Waals surface area contributed by atoms with Crippen LogP contribution in [0.15, 0.2) is 54.7 Å². The van der Waals surface area contributed by atoms with Gasteiger partial charge in [-0.05, 0) is 57.4 Å². The summed E-state index contributed by atoms with van der Waals surface area (Å²) in [5, 5.41) is 8.34. The van der Waals surface area contributed by atoms with Gasteiger partial charge >= 0.3 is 6.18 Å². The number of amides is 1. The summed E-state index contributed by atoms with van der Waals surface area (Å²) in [7, 11) is 2.06. The molecule has 1 aromatic carbocycles. The van der Waals surface area contributed by atoms with Gasteiger partial charge < -0.3 is 15.8 Å². The molecule has 37 heavy (non-hydrogen) atoms. The molecule has 2 bridgehead atoms. The van der Waals surface area contributed by atoms with Crippen molar-refractivity contribution in [2.45, 2.75) is 51.0 Å². The molecule has 1 saturated heterocycles. The molecule has 2 aliphatic rings. The number of aromatic nitrogens is 3. The minimum atomic E-state index is -4.43. The number of benzene rings is 1. The molecule has 3 unspecified atom stereocenters. The van der Waals surface area contributed by atoms with Crippen LogP contribution in [-0.2, 0) is 22.3 Å². The van der Waals surface area contributed by atoms with Crippen molar-refractivity contribution in [3.8, 4) is 0 Å². The first-order valence-corrected chi connectivity index (χ1v) is 11.8. The summed E-state index contributed by atoms with van der Waals surface area (Å²) in [5.41, 5.74) is 6.00. The van der Waals surface area contributed by atoms with Crippen molar-refractivity contribution in [3.63, 3.8) is 0 Å². The van der Waals surface area contributed by atoms with E-state index in [0.717, 1.165) is 47.5 Å². The van der Waals surface area contributed by atoms with Gasteiger partial charge in [-0.2, -0.15) is 18.3 Å². The number of para-hydroxylation sites is 1. The van der Waals surface area contributed by atoms with Crippen LogP contribution in [0.2, 0.25) is 0 Å². The van der Waals surface area contributed by atoms with E-state index in [4.69, 9.17) is 4.79 Å². The lowest BCUT2D eigenvalue weighted by atomic mass is 9.96. The van der Waals surface area contributed by atoms with Gasteiger partial charge in [0.05, 0.1) is 23.8 Å². The maximum Gasteiger partial charge on any atom is 0.433 e. The Morgan fingerprint density at radius 1 is 1.19 bits per heavy atom. The largest absolute Gasteiger partial charge is 0.433 e. The standard InChI is InChI=1S/C15H18F3N3.C10H10N2O.CH3NO/c1-9(14-10-6-7-11(8-10)21(14)2)19-13-5-3-4-12(20-13)15(16,17)18;1-8-9-4-2-3-5-10(9)12(11-8)6-7-13;2-1-3/h3-5,10-11,14H,1,6-8H2,2H3,(H,19,20);2-5,7H,6H2,1H3;1H,(H2,2,3). The maximum absolute atomic E-state index is 12.7. The molecule has 198 valence electrons. The topological polar surface area (TPSA) is 106 Å². The number of anilines is 1. The Kier molecular flexibility index (Phi) is 9.04. The molecule has 5 rings (SSSR count). The number of aryl methyl sites for hydroxylation is 1. The third-order valence-corrected chi connectivity index (χ3v) is 6.68. The highest BCUT2D eigenvalue weighted by atomic mass is 19.4. The number of carbonyl (C=O) groups is 2. The number of alkyl halides is 3. The summed E-state index contributed by atoms with van der Waals surface area (Å²) >= 11 is 0. The van der Waals surface area contributed by atoms with Gasteiger partial charge in [0.1, 0.15) is 17.8 Å². The first-order valence-electron chi connectivity index (χ1n) is 11.8. The molecule has 1 aliphatic carbocycles. The molecule has 0 radical (unpaired) electrons. The Hall–Kier alpha value is -3.73. The molecule has 1 aliphatic heterocycles. The monoisotopic (exact) mass is 516 g/mol. The Labute approximate surface area is 213 Å². The normalized spacial score (nSPS) is 20.4. The number of hydrogen-bond donors (Lipinski definition) is 2. The summed E-state index contributed by atoms with van der Waals surface area (Å²) < 4.78 is 39.7. The highest BCUT2D eigenvalue weighted by Crippen LogP contribution is 2.43. The van der Waals surface area contributed by atoms with Gasteiger partial charge in [0, 0.05) is 17.1 Å². The quantitative estimate of drug-likeness (QED) is 0.494. The molecule has 3 heterocycles. The van der Waals surface area contributed by atoms with Gasteiger partial charge in [-0.15, -0.1) is 0 Å². The Morgan fingerprint density at radius 2 is 1.89 bits per heavy atom. The summed E-state index contributed by atoms with van der Waals surface area (Å²) in [5.74, 6) is 0.747. The van der Waals surface area contributed by atoms with Crippen molar-refractivity contribution in [1.82, 2.24) is 19.7 Å². The van der Waals surface area contributed by atoms with Crippen LogP contribution in [0.5, 0.6) is 0 Å². The second-order valence-corrected chi connectivity index (χ2v) is 8.98. The van der Waals surface area contributed by atoms with Crippen LogP contribution in [0.4, 0.5) is 19.0 Å². The molecule has 3 N–H and O–H groups in total. The van der Waals surface area contributed by atoms with Crippen molar-refractivity contribution in [2.24, 2.45) is 11.7 Å². The number of primary amides is 1. The average molecular weight is 517 g/mol. The van der Waals surface area contributed by atoms with Crippen LogP contribution < -0.4 is 11.1 Å². The molecular weight excluding hydrogens is 485 g/mol. The van der Waals surface area contributed by atoms with Gasteiger partial charge in [-0.25, -0.2) is 4.98 Å². The molecule has 0 spiro atoms. The number of hydrogen-bond acceptors (Lipinski definition) is 6. The van der Waals surface area contributed by atoms with E-state index in [1.165, 1.54) is 18.6 Å². The Morgan fingerprint density at radius 3 is 2.51 bits per heavy atom. The van der Waals surface area contributed by atoms with E-state index >= 15 is 0 Å². The fourth-order valence-electron chi connectivity index (χ4n) is 5.14. The first kappa shape index (κ1) is 27.9. The summed E-state index contributed by atoms with van der Waals surface area (Å²) in [6.07, 6.45) is 0.197. The number of aldehydes is 1. The number of fused-ring (bicyclic) bond motifs is 3. The van der Waals surface area contributed by atoms with E-state index in [2.05, 4.69) is 39.7 Å². The third kappa shape index (κ3) is 6.53. The molecule has 3 aromatic rings. The molecule has 3 atom stereocenters. The Balaban J connectivity index is 0.000000203. The smallest absolute Gasteiger partial charge is 0.372 e. The molecule has 11 heteroatoms. The van der Waals surface area contributed by atoms with Crippen LogP contribution in [0.3, 0.4) is 0 Å². The number of likely N-dealkylation sites (tertiary alicyclic amines) is 1. The molecule has 1 saturated carbocycles. The van der Waals surface area contributed by atoms with E-state index < -0.39 is 11.9 Å². The predicted octanol–water partition coefficient (Wildman–Crippen LogP) is 4.15. The SMILES string of the molecule is C=C(Nc1cccc(C(F)(F)F)n1)C1C2CCC(C2)N1C.Cc1nn(CC=O)c2ccccc12.NC=O. The zero-order chi connectivity index (χ0) is 27.2. The number of nitrogens with one attached hydrogen (secondary N) is 1. The third-order valence-electron chi connectivity index (χ3n) is 6.68. The van der Waals surface area contributed by atoms with Crippen LogP contribution >= 0.6 is 0 Å². The van der Waals surface area contributed by atoms with Crippen molar-refractivity contribution in [2.75, 3.05) is 12.4 Å². The van der Waals surface area contributed by atoms with Crippen molar-refractivity contribution in [1.29, 1.82) is 0 Å². The van der Waals surface area contributed by atoms with E-state index in [-0.39, 0.29) is 18.3 Å². The van der Waals surface area contributed by atoms with Gasteiger partial charge in [0.15, 0.2) is 0 Å². The lowest BCUT2D eigenvalue weighted by Crippen LogP contribution is -2.40. The summed E-state index contributed by atoms with van der Waals surface area (Å²) in [4.78, 5) is 24.9. The number of rotatable bonds is 5. The maximum atomic E-state index is 12.7. The zero-order valence-electron chi connectivity index (χ0n) is 20.8. The first-order chi connectivity index (χ1) is 17.6. The van der Waals surface area contributed by atoms with Crippen molar-refractivity contribution in [3.05, 3.63) is 66.1 Å². The van der Waals surface area contributed by atoms with E-state index in [0.29, 0.717) is 18.5 Å². The van der Waals surface area contributed by atoms with Crippen molar-refractivity contribution >= 4 is 29.4 Å². The lowest BCUT2D eigenvalue weighted by Gasteiger charge is -2.33. The molecule has 1 amide bonds. The van der Waals surface area contributed by atoms with Gasteiger partial charge in [-0.1, -0.05) is 30.8 Å². The summed E-state index contributed by atoms with van der Waals surface area (Å²) in [6, 6.07) is 12.5. The minimum Gasteiger partial charge on any atom is -0.372 e. The minimum absolute atomic E-state index is 0.181. The Bertz CT molecular complexity index is 1240. The van der Waals surface area contributed by atoms with Crippen LogP contribution in [0.25, 0.3) is 10.9 Å². The van der Waals surface area contributed by atoms with Gasteiger partial charge in [-0.3, -0.25) is 14.4 Å². The molecule has 2 aromatic heterocycles. The van der Waals surface area contributed by atoms with E-state index in [1.807, 2.05) is 31.2 Å². The van der Waals surface area contributed by atoms with E-state index in [1.54, 1.807) is 4.68 Å². The van der Waals surface area contributed by atoms with Crippen LogP contribution in [0.1, 0.15) is 30.7 Å². The number of halogens is 3. The fraction of sp³-hybridized carbons (Fsp3) is 0.385. The highest BCUT2D eigenvalue weighted by molar-refractivity contribution is 5.82. The lowest BCUT2D eigenvalue weighted by molar-refractivity contribution is -0.141. The fourth-order valence-corrected chi connectivity index (χ4v) is 5.14. The molecule has 2 fully saturated rings. The van der Waals surface area contributed by atoms with E-state index in [9.17, 15) is 18.0 Å². The predicted molar refractivity (Wildman–Crippen MR) is 135 cm³/mol. The van der Waals surface area contributed by atoms with Crippen LogP contribution in [0, 0.1) is 12.8 Å². The number of nitrogens with zero attached hydrogens (tertiary/aromatic N) is 4. The van der Waals surface area contributed by atoms with Gasteiger partial charge in [0.2, 0.25) is 6.41 Å². The second-order valence-electron chi connectivity index (χ2n) is 8.98. The molecule has 8 nitrogen and oxygen atoms in total. The molecular formula is C26H31F3N6O2. The average Bonchev–Trinajstić information content (AvgIpc) is 3.54. The number of pyridine rings is 1. The number of carbonyl (C=O) groups excluding carboxylic acids is 2. The number of piperidine rings is 1. The number of likely N-dealkylation sites (N-methyl/N-ethyl adjacent to an activating group) is 1.